The van der Waals surface area contributed by atoms with Crippen LogP contribution in [0.5, 0.6) is 0 Å². The molecule has 0 bridgehead atoms. The molecular formula is C12H20BrI. The van der Waals surface area contributed by atoms with Crippen molar-refractivity contribution in [2.45, 2.75) is 38.5 Å². The van der Waals surface area contributed by atoms with Crippen molar-refractivity contribution in [1.82, 2.24) is 0 Å². The molecule has 0 aromatic carbocycles. The summed E-state index contributed by atoms with van der Waals surface area (Å²) in [4.78, 5) is 0. The lowest BCUT2D eigenvalue weighted by Crippen LogP contribution is -1.77. The summed E-state index contributed by atoms with van der Waals surface area (Å²) in [6.07, 6.45) is 17.0. The van der Waals surface area contributed by atoms with Crippen LogP contribution < -0.4 is 0 Å². The Hall–Kier alpha value is 0.690. The van der Waals surface area contributed by atoms with E-state index in [-0.39, 0.29) is 0 Å². The van der Waals surface area contributed by atoms with Crippen molar-refractivity contribution in [3.63, 3.8) is 0 Å². The van der Waals surface area contributed by atoms with Crippen LogP contribution in [0.15, 0.2) is 24.3 Å². The lowest BCUT2D eigenvalue weighted by atomic mass is 10.1. The van der Waals surface area contributed by atoms with Crippen molar-refractivity contribution in [1.29, 1.82) is 0 Å². The van der Waals surface area contributed by atoms with E-state index in [0.29, 0.717) is 0 Å². The molecule has 0 atom stereocenters. The number of halogens is 2. The number of rotatable bonds is 9. The quantitative estimate of drug-likeness (QED) is 0.224. The van der Waals surface area contributed by atoms with Crippen molar-refractivity contribution in [3.8, 4) is 0 Å². The molecule has 82 valence electrons. The molecule has 0 N–H and O–H groups in total. The van der Waals surface area contributed by atoms with Crippen LogP contribution in [-0.4, -0.2) is 9.76 Å². The predicted octanol–water partition coefficient (Wildman–Crippen LogP) is 5.27. The van der Waals surface area contributed by atoms with Gasteiger partial charge in [-0.15, -0.1) is 0 Å². The third-order valence-electron chi connectivity index (χ3n) is 2.00. The van der Waals surface area contributed by atoms with Gasteiger partial charge in [0.25, 0.3) is 0 Å². The first-order valence-electron chi connectivity index (χ1n) is 5.33. The second-order valence-corrected chi connectivity index (χ2v) is 4.77. The Labute approximate surface area is 111 Å². The third-order valence-corrected chi connectivity index (χ3v) is 2.89. The van der Waals surface area contributed by atoms with E-state index in [1.807, 2.05) is 0 Å². The predicted molar refractivity (Wildman–Crippen MR) is 78.7 cm³/mol. The van der Waals surface area contributed by atoms with Crippen LogP contribution in [0.3, 0.4) is 0 Å². The molecule has 2 heteroatoms. The monoisotopic (exact) mass is 370 g/mol. The van der Waals surface area contributed by atoms with Crippen molar-refractivity contribution in [3.05, 3.63) is 24.3 Å². The molecule has 0 aliphatic rings. The van der Waals surface area contributed by atoms with Crippen LogP contribution in [0.25, 0.3) is 0 Å². The molecule has 0 radical (unpaired) electrons. The minimum absolute atomic E-state index is 0.994. The van der Waals surface area contributed by atoms with Gasteiger partial charge in [-0.05, 0) is 25.7 Å². The highest BCUT2D eigenvalue weighted by atomic mass is 127. The van der Waals surface area contributed by atoms with Crippen molar-refractivity contribution >= 4 is 38.5 Å². The van der Waals surface area contributed by atoms with Crippen LogP contribution in [0.4, 0.5) is 0 Å². The molecule has 0 spiro atoms. The number of hydrogen-bond acceptors (Lipinski definition) is 0. The smallest absolute Gasteiger partial charge is 0.0212 e. The maximum Gasteiger partial charge on any atom is 0.0212 e. The topological polar surface area (TPSA) is 0 Å². The molecule has 0 saturated heterocycles. The number of allylic oxidation sites excluding steroid dienone is 4. The van der Waals surface area contributed by atoms with Crippen LogP contribution in [0.1, 0.15) is 38.5 Å². The fourth-order valence-corrected chi connectivity index (χ4v) is 1.86. The zero-order chi connectivity index (χ0) is 10.5. The van der Waals surface area contributed by atoms with E-state index in [1.165, 1.54) is 38.5 Å². The number of unbranched alkanes of at least 4 members (excludes halogenated alkanes) is 5. The highest BCUT2D eigenvalue weighted by Gasteiger charge is 1.87. The van der Waals surface area contributed by atoms with E-state index in [2.05, 4.69) is 62.8 Å². The summed E-state index contributed by atoms with van der Waals surface area (Å²) in [6, 6.07) is 0. The van der Waals surface area contributed by atoms with Gasteiger partial charge in [0.1, 0.15) is 0 Å². The maximum absolute atomic E-state index is 3.37. The van der Waals surface area contributed by atoms with Crippen LogP contribution in [0, 0.1) is 0 Å². The molecule has 0 fully saturated rings. The molecule has 0 aromatic heterocycles. The molecule has 0 saturated carbocycles. The fourth-order valence-electron chi connectivity index (χ4n) is 1.24. The van der Waals surface area contributed by atoms with Crippen LogP contribution in [-0.2, 0) is 0 Å². The SMILES string of the molecule is BrC/C=C/CCCCCC/C=C/CI. The number of alkyl halides is 2. The third kappa shape index (κ3) is 12.7. The highest BCUT2D eigenvalue weighted by molar-refractivity contribution is 14.1. The molecule has 0 aliphatic carbocycles. The normalized spacial score (nSPS) is 11.9. The van der Waals surface area contributed by atoms with Gasteiger partial charge in [-0.25, -0.2) is 0 Å². The van der Waals surface area contributed by atoms with Gasteiger partial charge in [-0.2, -0.15) is 0 Å². The molecular weight excluding hydrogens is 351 g/mol. The van der Waals surface area contributed by atoms with E-state index in [1.54, 1.807) is 0 Å². The minimum atomic E-state index is 0.994. The van der Waals surface area contributed by atoms with Gasteiger partial charge in [0.2, 0.25) is 0 Å². The van der Waals surface area contributed by atoms with Crippen molar-refractivity contribution in [2.75, 3.05) is 9.76 Å². The van der Waals surface area contributed by atoms with E-state index >= 15 is 0 Å². The lowest BCUT2D eigenvalue weighted by molar-refractivity contribution is 0.652. The van der Waals surface area contributed by atoms with E-state index in [4.69, 9.17) is 0 Å². The molecule has 0 unspecified atom stereocenters. The molecule has 0 rings (SSSR count). The summed E-state index contributed by atoms with van der Waals surface area (Å²) < 4.78 is 1.15. The molecule has 0 heterocycles. The second-order valence-electron chi connectivity index (χ2n) is 3.24. The molecule has 0 nitrogen and oxygen atoms in total. The zero-order valence-electron chi connectivity index (χ0n) is 8.72. The van der Waals surface area contributed by atoms with Gasteiger partial charge < -0.3 is 0 Å². The molecule has 14 heavy (non-hydrogen) atoms. The first-order valence-corrected chi connectivity index (χ1v) is 7.98. The Morgan fingerprint density at radius 2 is 1.36 bits per heavy atom. The lowest BCUT2D eigenvalue weighted by Gasteiger charge is -1.96. The average molecular weight is 371 g/mol. The van der Waals surface area contributed by atoms with Gasteiger partial charge in [-0.3, -0.25) is 0 Å². The van der Waals surface area contributed by atoms with Gasteiger partial charge >= 0.3 is 0 Å². The highest BCUT2D eigenvalue weighted by Crippen LogP contribution is 2.06. The van der Waals surface area contributed by atoms with Crippen LogP contribution >= 0.6 is 38.5 Å². The summed E-state index contributed by atoms with van der Waals surface area (Å²) in [5.74, 6) is 0. The van der Waals surface area contributed by atoms with Gasteiger partial charge in [0, 0.05) is 9.76 Å². The summed E-state index contributed by atoms with van der Waals surface area (Å²) in [5.41, 5.74) is 0. The number of hydrogen-bond donors (Lipinski definition) is 0. The first kappa shape index (κ1) is 14.7. The average Bonchev–Trinajstić information content (AvgIpc) is 2.21. The summed E-state index contributed by atoms with van der Waals surface area (Å²) in [5, 5.41) is 0.994. The zero-order valence-corrected chi connectivity index (χ0v) is 12.5. The Morgan fingerprint density at radius 1 is 0.786 bits per heavy atom. The van der Waals surface area contributed by atoms with E-state index < -0.39 is 0 Å². The second kappa shape index (κ2) is 13.7. The summed E-state index contributed by atoms with van der Waals surface area (Å²) >= 11 is 5.75. The fraction of sp³-hybridized carbons (Fsp3) is 0.667. The van der Waals surface area contributed by atoms with E-state index in [0.717, 1.165) is 9.76 Å². The standard InChI is InChI=1S/C12H20BrI/c13-11-9-7-5-3-1-2-4-6-8-10-12-14/h7-10H,1-6,11-12H2/b9-7+,10-8+. The Kier molecular flexibility index (Phi) is 14.4. The van der Waals surface area contributed by atoms with Crippen molar-refractivity contribution < 1.29 is 0 Å². The van der Waals surface area contributed by atoms with Gasteiger partial charge in [-0.1, -0.05) is 75.7 Å². The van der Waals surface area contributed by atoms with E-state index in [9.17, 15) is 0 Å². The van der Waals surface area contributed by atoms with Gasteiger partial charge in [0.15, 0.2) is 0 Å². The summed E-state index contributed by atoms with van der Waals surface area (Å²) in [7, 11) is 0. The molecule has 0 aliphatic heterocycles. The Morgan fingerprint density at radius 3 is 1.86 bits per heavy atom. The maximum atomic E-state index is 3.37. The van der Waals surface area contributed by atoms with Crippen LogP contribution in [0.2, 0.25) is 0 Å². The minimum Gasteiger partial charge on any atom is -0.0883 e. The first-order chi connectivity index (χ1) is 6.91. The van der Waals surface area contributed by atoms with Crippen molar-refractivity contribution in [2.24, 2.45) is 0 Å². The largest absolute Gasteiger partial charge is 0.0883 e. The Balaban J connectivity index is 2.99. The Bertz CT molecular complexity index is 134. The molecule has 0 amide bonds. The summed E-state index contributed by atoms with van der Waals surface area (Å²) in [6.45, 7) is 0. The van der Waals surface area contributed by atoms with Gasteiger partial charge in [0.05, 0.1) is 0 Å². The molecule has 0 aromatic rings.